The lowest BCUT2D eigenvalue weighted by atomic mass is 10.1. The number of nitrogens with one attached hydrogen (secondary N) is 1. The van der Waals surface area contributed by atoms with Crippen molar-refractivity contribution in [3.63, 3.8) is 0 Å². The molecular weight excluding hydrogens is 224 g/mol. The van der Waals surface area contributed by atoms with Crippen molar-refractivity contribution in [1.82, 2.24) is 24.8 Å². The number of hydrogen-bond donors (Lipinski definition) is 2. The zero-order chi connectivity index (χ0) is 11.5. The fourth-order valence-electron chi connectivity index (χ4n) is 1.59. The maximum absolute atomic E-state index is 5.59. The SMILES string of the molecule is CCc1nnsc1C(NN)c1cnn(C)c1. The van der Waals surface area contributed by atoms with E-state index in [0.29, 0.717) is 0 Å². The van der Waals surface area contributed by atoms with Gasteiger partial charge in [-0.25, -0.2) is 5.43 Å². The first-order chi connectivity index (χ1) is 7.76. The topological polar surface area (TPSA) is 81.7 Å². The Hall–Kier alpha value is -1.31. The van der Waals surface area contributed by atoms with E-state index in [2.05, 4.69) is 27.0 Å². The summed E-state index contributed by atoms with van der Waals surface area (Å²) in [6, 6.07) is -0.0800. The highest BCUT2D eigenvalue weighted by Crippen LogP contribution is 2.26. The van der Waals surface area contributed by atoms with Crippen LogP contribution in [-0.4, -0.2) is 19.4 Å². The molecule has 1 atom stereocenters. The molecule has 0 aliphatic rings. The van der Waals surface area contributed by atoms with E-state index in [9.17, 15) is 0 Å². The smallest absolute Gasteiger partial charge is 0.0868 e. The van der Waals surface area contributed by atoms with Crippen LogP contribution >= 0.6 is 11.5 Å². The van der Waals surface area contributed by atoms with Gasteiger partial charge in [0, 0.05) is 18.8 Å². The van der Waals surface area contributed by atoms with Gasteiger partial charge in [-0.1, -0.05) is 11.4 Å². The molecule has 7 heteroatoms. The number of aryl methyl sites for hydroxylation is 2. The normalized spacial score (nSPS) is 12.9. The summed E-state index contributed by atoms with van der Waals surface area (Å²) >= 11 is 1.37. The van der Waals surface area contributed by atoms with Crippen LogP contribution in [0.15, 0.2) is 12.4 Å². The second-order valence-corrected chi connectivity index (χ2v) is 4.27. The van der Waals surface area contributed by atoms with Crippen LogP contribution in [0.25, 0.3) is 0 Å². The van der Waals surface area contributed by atoms with Crippen molar-refractivity contribution in [3.8, 4) is 0 Å². The van der Waals surface area contributed by atoms with Gasteiger partial charge in [-0.05, 0) is 18.0 Å². The van der Waals surface area contributed by atoms with Crippen LogP contribution < -0.4 is 11.3 Å². The van der Waals surface area contributed by atoms with Crippen LogP contribution in [0.4, 0.5) is 0 Å². The summed E-state index contributed by atoms with van der Waals surface area (Å²) in [5.74, 6) is 5.59. The molecule has 0 aromatic carbocycles. The zero-order valence-electron chi connectivity index (χ0n) is 9.21. The van der Waals surface area contributed by atoms with Crippen LogP contribution in [0.3, 0.4) is 0 Å². The van der Waals surface area contributed by atoms with E-state index >= 15 is 0 Å². The minimum Gasteiger partial charge on any atom is -0.275 e. The zero-order valence-corrected chi connectivity index (χ0v) is 10.0. The highest BCUT2D eigenvalue weighted by Gasteiger charge is 2.20. The van der Waals surface area contributed by atoms with Crippen molar-refractivity contribution in [3.05, 3.63) is 28.5 Å². The van der Waals surface area contributed by atoms with E-state index in [1.54, 1.807) is 10.9 Å². The Morgan fingerprint density at radius 3 is 3.00 bits per heavy atom. The van der Waals surface area contributed by atoms with E-state index < -0.39 is 0 Å². The van der Waals surface area contributed by atoms with Crippen molar-refractivity contribution in [1.29, 1.82) is 0 Å². The largest absolute Gasteiger partial charge is 0.275 e. The van der Waals surface area contributed by atoms with E-state index in [1.165, 1.54) is 11.5 Å². The van der Waals surface area contributed by atoms with Crippen molar-refractivity contribution in [2.75, 3.05) is 0 Å². The van der Waals surface area contributed by atoms with Gasteiger partial charge in [0.1, 0.15) is 0 Å². The van der Waals surface area contributed by atoms with Crippen LogP contribution in [0.5, 0.6) is 0 Å². The first-order valence-electron chi connectivity index (χ1n) is 5.02. The van der Waals surface area contributed by atoms with Crippen LogP contribution in [0, 0.1) is 0 Å². The summed E-state index contributed by atoms with van der Waals surface area (Å²) < 4.78 is 5.71. The lowest BCUT2D eigenvalue weighted by molar-refractivity contribution is 0.638. The van der Waals surface area contributed by atoms with E-state index in [0.717, 1.165) is 22.6 Å². The Kier molecular flexibility index (Phi) is 3.28. The van der Waals surface area contributed by atoms with Crippen molar-refractivity contribution >= 4 is 11.5 Å². The van der Waals surface area contributed by atoms with Crippen LogP contribution in [-0.2, 0) is 13.5 Å². The summed E-state index contributed by atoms with van der Waals surface area (Å²) in [6.45, 7) is 2.05. The predicted octanol–water partition coefficient (Wildman–Crippen LogP) is 0.387. The van der Waals surface area contributed by atoms with Gasteiger partial charge in [-0.2, -0.15) is 5.10 Å². The second kappa shape index (κ2) is 4.69. The molecule has 86 valence electrons. The molecule has 2 heterocycles. The van der Waals surface area contributed by atoms with Gasteiger partial charge < -0.3 is 0 Å². The summed E-state index contributed by atoms with van der Waals surface area (Å²) in [6.07, 6.45) is 4.58. The molecule has 1 unspecified atom stereocenters. The molecular formula is C9H14N6S. The number of hydrogen-bond acceptors (Lipinski definition) is 6. The lowest BCUT2D eigenvalue weighted by Crippen LogP contribution is -2.28. The monoisotopic (exact) mass is 238 g/mol. The van der Waals surface area contributed by atoms with E-state index in [-0.39, 0.29) is 6.04 Å². The summed E-state index contributed by atoms with van der Waals surface area (Å²) in [5, 5.41) is 8.22. The highest BCUT2D eigenvalue weighted by atomic mass is 32.1. The fraction of sp³-hybridized carbons (Fsp3) is 0.444. The molecule has 0 fully saturated rings. The molecule has 2 aromatic heterocycles. The number of hydrazine groups is 1. The minimum atomic E-state index is -0.0800. The Balaban J connectivity index is 2.36. The van der Waals surface area contributed by atoms with Crippen molar-refractivity contribution in [2.45, 2.75) is 19.4 Å². The maximum Gasteiger partial charge on any atom is 0.0868 e. The standard InChI is InChI=1S/C9H14N6S/c1-3-7-9(16-14-13-7)8(12-10)6-4-11-15(2)5-6/h4-5,8,12H,3,10H2,1-2H3. The third-order valence-corrected chi connectivity index (χ3v) is 3.24. The molecule has 2 rings (SSSR count). The molecule has 0 aliphatic heterocycles. The van der Waals surface area contributed by atoms with Gasteiger partial charge in [-0.15, -0.1) is 5.10 Å². The first kappa shape index (κ1) is 11.2. The van der Waals surface area contributed by atoms with Gasteiger partial charge in [-0.3, -0.25) is 10.5 Å². The average molecular weight is 238 g/mol. The lowest BCUT2D eigenvalue weighted by Gasteiger charge is -2.12. The first-order valence-corrected chi connectivity index (χ1v) is 5.79. The molecule has 0 amide bonds. The van der Waals surface area contributed by atoms with Crippen molar-refractivity contribution in [2.24, 2.45) is 12.9 Å². The summed E-state index contributed by atoms with van der Waals surface area (Å²) in [4.78, 5) is 1.05. The Morgan fingerprint density at radius 2 is 2.44 bits per heavy atom. The van der Waals surface area contributed by atoms with Gasteiger partial charge in [0.05, 0.1) is 22.8 Å². The molecule has 6 nitrogen and oxygen atoms in total. The Labute approximate surface area is 97.6 Å². The van der Waals surface area contributed by atoms with Gasteiger partial charge in [0.25, 0.3) is 0 Å². The van der Waals surface area contributed by atoms with Crippen molar-refractivity contribution < 1.29 is 0 Å². The van der Waals surface area contributed by atoms with E-state index in [4.69, 9.17) is 5.84 Å². The quantitative estimate of drug-likeness (QED) is 0.594. The highest BCUT2D eigenvalue weighted by molar-refractivity contribution is 7.05. The number of aromatic nitrogens is 4. The number of nitrogens with zero attached hydrogens (tertiary/aromatic N) is 4. The van der Waals surface area contributed by atoms with Gasteiger partial charge >= 0.3 is 0 Å². The van der Waals surface area contributed by atoms with Crippen LogP contribution in [0.1, 0.15) is 29.1 Å². The molecule has 0 aliphatic carbocycles. The fourth-order valence-corrected chi connectivity index (χ4v) is 2.42. The molecule has 2 aromatic rings. The van der Waals surface area contributed by atoms with E-state index in [1.807, 2.05) is 13.2 Å². The Morgan fingerprint density at radius 1 is 1.62 bits per heavy atom. The molecule has 0 saturated heterocycles. The molecule has 0 spiro atoms. The maximum atomic E-state index is 5.59. The summed E-state index contributed by atoms with van der Waals surface area (Å²) in [7, 11) is 1.88. The second-order valence-electron chi connectivity index (χ2n) is 3.48. The summed E-state index contributed by atoms with van der Waals surface area (Å²) in [5.41, 5.74) is 4.79. The number of nitrogens with two attached hydrogens (primary N) is 1. The third kappa shape index (κ3) is 1.97. The van der Waals surface area contributed by atoms with Gasteiger partial charge in [0.2, 0.25) is 0 Å². The molecule has 0 saturated carbocycles. The van der Waals surface area contributed by atoms with Crippen LogP contribution in [0.2, 0.25) is 0 Å². The Bertz CT molecular complexity index is 462. The average Bonchev–Trinajstić information content (AvgIpc) is 2.89. The molecule has 0 radical (unpaired) electrons. The third-order valence-electron chi connectivity index (χ3n) is 2.41. The molecule has 3 N–H and O–H groups in total. The predicted molar refractivity (Wildman–Crippen MR) is 61.7 cm³/mol. The number of rotatable bonds is 4. The van der Waals surface area contributed by atoms with Gasteiger partial charge in [0.15, 0.2) is 0 Å². The molecule has 16 heavy (non-hydrogen) atoms. The minimum absolute atomic E-state index is 0.0800. The molecule has 0 bridgehead atoms.